The van der Waals surface area contributed by atoms with E-state index in [2.05, 4.69) is 20.2 Å². The van der Waals surface area contributed by atoms with Gasteiger partial charge in [0.05, 0.1) is 18.9 Å². The van der Waals surface area contributed by atoms with E-state index in [0.29, 0.717) is 18.1 Å². The quantitative estimate of drug-likeness (QED) is 0.655. The number of hydrogen-bond acceptors (Lipinski definition) is 5. The van der Waals surface area contributed by atoms with Crippen molar-refractivity contribution in [3.05, 3.63) is 84.3 Å². The number of likely N-dealkylation sites (N-methyl/N-ethyl adjacent to an activating group) is 1. The minimum Gasteiger partial charge on any atom is -0.368 e. The molecule has 3 aromatic rings. The molecule has 0 aliphatic carbocycles. The lowest BCUT2D eigenvalue weighted by Crippen LogP contribution is -2.31. The number of anilines is 2. The van der Waals surface area contributed by atoms with Crippen molar-refractivity contribution in [3.63, 3.8) is 0 Å². The lowest BCUT2D eigenvalue weighted by Gasteiger charge is -2.22. The van der Waals surface area contributed by atoms with Gasteiger partial charge in [-0.15, -0.1) is 0 Å². The van der Waals surface area contributed by atoms with Crippen molar-refractivity contribution in [2.24, 2.45) is 0 Å². The van der Waals surface area contributed by atoms with Crippen LogP contribution in [0.3, 0.4) is 0 Å². The first-order chi connectivity index (χ1) is 13.6. The van der Waals surface area contributed by atoms with E-state index in [-0.39, 0.29) is 5.91 Å². The second kappa shape index (κ2) is 9.62. The molecule has 1 amide bonds. The zero-order valence-electron chi connectivity index (χ0n) is 16.2. The Bertz CT molecular complexity index is 866. The van der Waals surface area contributed by atoms with Crippen LogP contribution < -0.4 is 10.2 Å². The van der Waals surface area contributed by atoms with Crippen LogP contribution in [-0.4, -0.2) is 48.0 Å². The third-order valence-electron chi connectivity index (χ3n) is 4.23. The summed E-state index contributed by atoms with van der Waals surface area (Å²) in [5, 5.41) is 3.20. The number of rotatable bonds is 8. The average molecular weight is 375 g/mol. The molecule has 0 fully saturated rings. The first-order valence-corrected chi connectivity index (χ1v) is 9.25. The summed E-state index contributed by atoms with van der Waals surface area (Å²) in [7, 11) is 4.03. The molecule has 0 unspecified atom stereocenters. The number of amides is 1. The molecule has 0 aliphatic heterocycles. The van der Waals surface area contributed by atoms with Crippen LogP contribution in [0.4, 0.5) is 11.5 Å². The zero-order valence-corrected chi connectivity index (χ0v) is 16.2. The van der Waals surface area contributed by atoms with E-state index in [4.69, 9.17) is 0 Å². The molecule has 0 spiro atoms. The van der Waals surface area contributed by atoms with Crippen molar-refractivity contribution < 1.29 is 4.79 Å². The van der Waals surface area contributed by atoms with Gasteiger partial charge in [-0.3, -0.25) is 4.79 Å². The molecule has 0 aliphatic rings. The van der Waals surface area contributed by atoms with Crippen LogP contribution in [-0.2, 0) is 6.54 Å². The summed E-state index contributed by atoms with van der Waals surface area (Å²) in [5.41, 5.74) is 2.19. The first kappa shape index (κ1) is 19.5. The highest BCUT2D eigenvalue weighted by atomic mass is 16.2. The van der Waals surface area contributed by atoms with Gasteiger partial charge in [0, 0.05) is 18.8 Å². The molecule has 1 aromatic heterocycles. The van der Waals surface area contributed by atoms with Gasteiger partial charge < -0.3 is 15.1 Å². The van der Waals surface area contributed by atoms with E-state index in [1.165, 1.54) is 6.20 Å². The summed E-state index contributed by atoms with van der Waals surface area (Å²) in [4.78, 5) is 25.6. The highest BCUT2D eigenvalue weighted by molar-refractivity contribution is 6.04. The Labute approximate surface area is 165 Å². The largest absolute Gasteiger partial charge is 0.368 e. The van der Waals surface area contributed by atoms with E-state index in [1.807, 2.05) is 74.8 Å². The monoisotopic (exact) mass is 375 g/mol. The molecule has 0 bridgehead atoms. The molecular weight excluding hydrogens is 350 g/mol. The Kier molecular flexibility index (Phi) is 6.70. The second-order valence-electron chi connectivity index (χ2n) is 6.73. The highest BCUT2D eigenvalue weighted by Crippen LogP contribution is 2.19. The number of carbonyl (C=O) groups excluding carboxylic acids is 1. The fourth-order valence-electron chi connectivity index (χ4n) is 2.73. The van der Waals surface area contributed by atoms with Gasteiger partial charge in [0.2, 0.25) is 0 Å². The van der Waals surface area contributed by atoms with Crippen LogP contribution >= 0.6 is 0 Å². The van der Waals surface area contributed by atoms with Gasteiger partial charge in [0.15, 0.2) is 0 Å². The Balaban J connectivity index is 1.77. The SMILES string of the molecule is CN(C)CCNc1cnc(C(=O)N(Cc2ccccc2)c2ccccc2)cn1. The predicted molar refractivity (Wildman–Crippen MR) is 112 cm³/mol. The van der Waals surface area contributed by atoms with Gasteiger partial charge >= 0.3 is 0 Å². The summed E-state index contributed by atoms with van der Waals surface area (Å²) in [6, 6.07) is 19.5. The van der Waals surface area contributed by atoms with Gasteiger partial charge in [-0.25, -0.2) is 9.97 Å². The summed E-state index contributed by atoms with van der Waals surface area (Å²) in [6.07, 6.45) is 3.13. The normalized spacial score (nSPS) is 10.7. The van der Waals surface area contributed by atoms with Gasteiger partial charge in [0.1, 0.15) is 11.5 Å². The third kappa shape index (κ3) is 5.37. The summed E-state index contributed by atoms with van der Waals surface area (Å²) in [6.45, 7) is 2.12. The molecule has 0 atom stereocenters. The third-order valence-corrected chi connectivity index (χ3v) is 4.23. The van der Waals surface area contributed by atoms with Gasteiger partial charge in [-0.1, -0.05) is 48.5 Å². The number of hydrogen-bond donors (Lipinski definition) is 1. The standard InChI is InChI=1S/C22H25N5O/c1-26(2)14-13-23-21-16-24-20(15-25-21)22(28)27(19-11-7-4-8-12-19)17-18-9-5-3-6-10-18/h3-12,15-16H,13-14,17H2,1-2H3,(H,23,25). The maximum absolute atomic E-state index is 13.2. The average Bonchev–Trinajstić information content (AvgIpc) is 2.73. The number of benzene rings is 2. The molecule has 1 N–H and O–H groups in total. The molecule has 3 rings (SSSR count). The Morgan fingerprint density at radius 1 is 0.929 bits per heavy atom. The molecule has 2 aromatic carbocycles. The number of carbonyl (C=O) groups is 1. The van der Waals surface area contributed by atoms with Crippen LogP contribution in [0.25, 0.3) is 0 Å². The zero-order chi connectivity index (χ0) is 19.8. The Morgan fingerprint density at radius 2 is 1.61 bits per heavy atom. The number of nitrogens with zero attached hydrogens (tertiary/aromatic N) is 4. The molecule has 0 saturated heterocycles. The van der Waals surface area contributed by atoms with Crippen molar-refractivity contribution in [3.8, 4) is 0 Å². The van der Waals surface area contributed by atoms with Gasteiger partial charge in [-0.2, -0.15) is 0 Å². The van der Waals surface area contributed by atoms with Crippen LogP contribution in [0.15, 0.2) is 73.1 Å². The van der Waals surface area contributed by atoms with Gasteiger partial charge in [-0.05, 0) is 31.8 Å². The van der Waals surface area contributed by atoms with E-state index in [0.717, 1.165) is 24.3 Å². The molecule has 0 saturated carbocycles. The number of para-hydroxylation sites is 1. The Hall–Kier alpha value is -3.25. The van der Waals surface area contributed by atoms with Crippen molar-refractivity contribution in [2.75, 3.05) is 37.4 Å². The maximum Gasteiger partial charge on any atom is 0.278 e. The van der Waals surface area contributed by atoms with E-state index in [1.54, 1.807) is 11.1 Å². The van der Waals surface area contributed by atoms with Crippen molar-refractivity contribution in [1.29, 1.82) is 0 Å². The summed E-state index contributed by atoms with van der Waals surface area (Å²) in [5.74, 6) is 0.482. The van der Waals surface area contributed by atoms with E-state index >= 15 is 0 Å². The van der Waals surface area contributed by atoms with E-state index < -0.39 is 0 Å². The molecular formula is C22H25N5O. The number of nitrogens with one attached hydrogen (secondary N) is 1. The predicted octanol–water partition coefficient (Wildman–Crippen LogP) is 3.30. The summed E-state index contributed by atoms with van der Waals surface area (Å²) < 4.78 is 0. The first-order valence-electron chi connectivity index (χ1n) is 9.25. The molecule has 6 nitrogen and oxygen atoms in total. The molecule has 144 valence electrons. The van der Waals surface area contributed by atoms with Crippen molar-refractivity contribution in [1.82, 2.24) is 14.9 Å². The van der Waals surface area contributed by atoms with Crippen molar-refractivity contribution in [2.45, 2.75) is 6.54 Å². The molecule has 0 radical (unpaired) electrons. The number of aromatic nitrogens is 2. The smallest absolute Gasteiger partial charge is 0.278 e. The highest BCUT2D eigenvalue weighted by Gasteiger charge is 2.19. The topological polar surface area (TPSA) is 61.4 Å². The fourth-order valence-corrected chi connectivity index (χ4v) is 2.73. The minimum atomic E-state index is -0.178. The lowest BCUT2D eigenvalue weighted by molar-refractivity contribution is 0.0980. The maximum atomic E-state index is 13.2. The summed E-state index contributed by atoms with van der Waals surface area (Å²) >= 11 is 0. The van der Waals surface area contributed by atoms with Crippen LogP contribution in [0.5, 0.6) is 0 Å². The van der Waals surface area contributed by atoms with E-state index in [9.17, 15) is 4.79 Å². The van der Waals surface area contributed by atoms with Crippen LogP contribution in [0.1, 0.15) is 16.1 Å². The van der Waals surface area contributed by atoms with Crippen LogP contribution in [0, 0.1) is 0 Å². The second-order valence-corrected chi connectivity index (χ2v) is 6.73. The molecule has 6 heteroatoms. The minimum absolute atomic E-state index is 0.178. The molecule has 28 heavy (non-hydrogen) atoms. The van der Waals surface area contributed by atoms with Crippen molar-refractivity contribution >= 4 is 17.4 Å². The van der Waals surface area contributed by atoms with Crippen LogP contribution in [0.2, 0.25) is 0 Å². The lowest BCUT2D eigenvalue weighted by atomic mass is 10.2. The Morgan fingerprint density at radius 3 is 2.21 bits per heavy atom. The fraction of sp³-hybridized carbons (Fsp3) is 0.227. The molecule has 1 heterocycles. The van der Waals surface area contributed by atoms with Gasteiger partial charge in [0.25, 0.3) is 5.91 Å².